The van der Waals surface area contributed by atoms with Crippen LogP contribution in [-0.4, -0.2) is 62.4 Å². The summed E-state index contributed by atoms with van der Waals surface area (Å²) in [6.45, 7) is 14.2. The molecule has 2 saturated heterocycles. The highest BCUT2D eigenvalue weighted by Crippen LogP contribution is 2.51. The van der Waals surface area contributed by atoms with E-state index in [2.05, 4.69) is 31.5 Å². The van der Waals surface area contributed by atoms with Gasteiger partial charge in [-0.3, -0.25) is 9.48 Å². The Morgan fingerprint density at radius 2 is 1.77 bits per heavy atom. The molecule has 40 heavy (non-hydrogen) atoms. The molecule has 1 aliphatic carbocycles. The fraction of sp³-hybridized carbons (Fsp3) is 0.656. The van der Waals surface area contributed by atoms with Crippen LogP contribution in [0.15, 0.2) is 24.3 Å². The molecule has 6 rings (SSSR count). The number of ether oxygens (including phenoxy) is 2. The molecule has 0 radical (unpaired) electrons. The number of carbonyl (C=O) groups excluding carboxylic acids is 2. The summed E-state index contributed by atoms with van der Waals surface area (Å²) < 4.78 is 14.8. The molecule has 4 heterocycles. The standard InChI is InChI=1S/C32H44N4O4/c1-21-27-28(33-36(21)23-13-16-35(31(5,6)20-23)29(38)40-30(2,3)4)24-9-7-8-10-25(24)39-32(27)14-17-34(18-15-32)26(37)19-22-11-12-22/h7-10,22-23H,11-20H2,1-6H3/t23-/m1/s1. The number of aromatic nitrogens is 2. The van der Waals surface area contributed by atoms with Crippen LogP contribution in [-0.2, 0) is 15.1 Å². The Morgan fingerprint density at radius 1 is 1.07 bits per heavy atom. The molecular weight excluding hydrogens is 504 g/mol. The molecule has 1 aromatic heterocycles. The van der Waals surface area contributed by atoms with Gasteiger partial charge in [0.2, 0.25) is 5.91 Å². The summed E-state index contributed by atoms with van der Waals surface area (Å²) >= 11 is 0. The molecule has 3 aliphatic heterocycles. The first-order chi connectivity index (χ1) is 18.9. The average molecular weight is 549 g/mol. The number of rotatable bonds is 3. The van der Waals surface area contributed by atoms with Crippen molar-refractivity contribution in [3.63, 3.8) is 0 Å². The van der Waals surface area contributed by atoms with E-state index < -0.39 is 11.2 Å². The molecule has 8 heteroatoms. The number of piperidine rings is 2. The zero-order valence-electron chi connectivity index (χ0n) is 25.0. The Bertz CT molecular complexity index is 1310. The molecule has 0 bridgehead atoms. The normalized spacial score (nSPS) is 23.3. The van der Waals surface area contributed by atoms with Gasteiger partial charge in [-0.25, -0.2) is 4.79 Å². The van der Waals surface area contributed by atoms with Crippen molar-refractivity contribution in [3.05, 3.63) is 35.5 Å². The van der Waals surface area contributed by atoms with E-state index in [-0.39, 0.29) is 17.7 Å². The van der Waals surface area contributed by atoms with Gasteiger partial charge in [0.1, 0.15) is 22.6 Å². The van der Waals surface area contributed by atoms with Crippen molar-refractivity contribution in [3.8, 4) is 17.0 Å². The first-order valence-corrected chi connectivity index (χ1v) is 15.0. The zero-order chi connectivity index (χ0) is 28.4. The topological polar surface area (TPSA) is 76.9 Å². The smallest absolute Gasteiger partial charge is 0.410 e. The molecule has 3 fully saturated rings. The summed E-state index contributed by atoms with van der Waals surface area (Å²) in [7, 11) is 0. The highest BCUT2D eigenvalue weighted by Gasteiger charge is 2.49. The summed E-state index contributed by atoms with van der Waals surface area (Å²) in [5.41, 5.74) is 2.95. The average Bonchev–Trinajstić information content (AvgIpc) is 3.62. The number of benzene rings is 1. The number of carbonyl (C=O) groups is 2. The molecule has 0 N–H and O–H groups in total. The Labute approximate surface area is 238 Å². The van der Waals surface area contributed by atoms with Gasteiger partial charge in [0.05, 0.1) is 6.04 Å². The Morgan fingerprint density at radius 3 is 2.42 bits per heavy atom. The summed E-state index contributed by atoms with van der Waals surface area (Å²) in [6, 6.07) is 8.36. The molecule has 1 spiro atoms. The second kappa shape index (κ2) is 9.52. The largest absolute Gasteiger partial charge is 0.482 e. The van der Waals surface area contributed by atoms with Gasteiger partial charge in [-0.2, -0.15) is 5.10 Å². The lowest BCUT2D eigenvalue weighted by Gasteiger charge is -2.46. The highest BCUT2D eigenvalue weighted by molar-refractivity contribution is 5.77. The Kier molecular flexibility index (Phi) is 6.46. The number of para-hydroxylation sites is 1. The van der Waals surface area contributed by atoms with Crippen molar-refractivity contribution < 1.29 is 19.1 Å². The van der Waals surface area contributed by atoms with Gasteiger partial charge in [-0.1, -0.05) is 12.1 Å². The molecule has 2 amide bonds. The van der Waals surface area contributed by atoms with Crippen LogP contribution in [0.3, 0.4) is 0 Å². The maximum Gasteiger partial charge on any atom is 0.410 e. The number of likely N-dealkylation sites (tertiary alicyclic amines) is 2. The second-order valence-corrected chi connectivity index (χ2v) is 14.0. The maximum atomic E-state index is 13.0. The van der Waals surface area contributed by atoms with Crippen molar-refractivity contribution in [2.24, 2.45) is 5.92 Å². The van der Waals surface area contributed by atoms with Crippen molar-refractivity contribution in [1.82, 2.24) is 19.6 Å². The van der Waals surface area contributed by atoms with Crippen molar-refractivity contribution in [1.29, 1.82) is 0 Å². The highest BCUT2D eigenvalue weighted by atomic mass is 16.6. The maximum absolute atomic E-state index is 13.0. The number of amides is 2. The van der Waals surface area contributed by atoms with E-state index in [0.717, 1.165) is 48.4 Å². The molecule has 8 nitrogen and oxygen atoms in total. The van der Waals surface area contributed by atoms with Crippen LogP contribution >= 0.6 is 0 Å². The molecule has 0 unspecified atom stereocenters. The molecule has 2 aromatic rings. The number of nitrogens with zero attached hydrogens (tertiary/aromatic N) is 4. The number of hydrogen-bond acceptors (Lipinski definition) is 5. The van der Waals surface area contributed by atoms with E-state index in [0.29, 0.717) is 37.9 Å². The van der Waals surface area contributed by atoms with Crippen LogP contribution in [0.1, 0.15) is 96.9 Å². The van der Waals surface area contributed by atoms with Gasteiger partial charge >= 0.3 is 6.09 Å². The van der Waals surface area contributed by atoms with Gasteiger partial charge in [0.25, 0.3) is 0 Å². The fourth-order valence-electron chi connectivity index (χ4n) is 7.02. The van der Waals surface area contributed by atoms with E-state index >= 15 is 0 Å². The predicted octanol–water partition coefficient (Wildman–Crippen LogP) is 6.22. The van der Waals surface area contributed by atoms with E-state index in [1.165, 1.54) is 18.4 Å². The number of hydrogen-bond donors (Lipinski definition) is 0. The third-order valence-electron chi connectivity index (χ3n) is 9.25. The lowest BCUT2D eigenvalue weighted by molar-refractivity contribution is -0.135. The summed E-state index contributed by atoms with van der Waals surface area (Å²) in [5.74, 6) is 1.76. The van der Waals surface area contributed by atoms with Gasteiger partial charge < -0.3 is 19.3 Å². The molecule has 1 atom stereocenters. The van der Waals surface area contributed by atoms with Crippen molar-refractivity contribution in [2.45, 2.75) is 109 Å². The van der Waals surface area contributed by atoms with Crippen LogP contribution in [0.2, 0.25) is 0 Å². The lowest BCUT2D eigenvalue weighted by atomic mass is 9.79. The minimum Gasteiger partial charge on any atom is -0.482 e. The van der Waals surface area contributed by atoms with Crippen LogP contribution in [0.25, 0.3) is 11.3 Å². The van der Waals surface area contributed by atoms with Crippen LogP contribution in [0.5, 0.6) is 5.75 Å². The predicted molar refractivity (Wildman–Crippen MR) is 153 cm³/mol. The lowest BCUT2D eigenvalue weighted by Crippen LogP contribution is -2.54. The minimum atomic E-state index is -0.526. The molecule has 1 aromatic carbocycles. The zero-order valence-corrected chi connectivity index (χ0v) is 25.0. The SMILES string of the molecule is Cc1c2c(nn1[C@@H]1CCN(C(=O)OC(C)(C)C)C(C)(C)C1)-c1ccccc1OC21CCN(C(=O)CC2CC2)CC1. The van der Waals surface area contributed by atoms with E-state index in [1.807, 2.05) is 48.8 Å². The molecular formula is C32H44N4O4. The minimum absolute atomic E-state index is 0.156. The monoisotopic (exact) mass is 548 g/mol. The third kappa shape index (κ3) is 4.88. The van der Waals surface area contributed by atoms with Crippen molar-refractivity contribution >= 4 is 12.0 Å². The summed E-state index contributed by atoms with van der Waals surface area (Å²) in [5, 5.41) is 5.28. The second-order valence-electron chi connectivity index (χ2n) is 14.0. The third-order valence-corrected chi connectivity index (χ3v) is 9.25. The van der Waals surface area contributed by atoms with Gasteiger partial charge in [0.15, 0.2) is 0 Å². The van der Waals surface area contributed by atoms with E-state index in [1.54, 1.807) is 0 Å². The Balaban J connectivity index is 1.29. The first kappa shape index (κ1) is 27.2. The Hall–Kier alpha value is -3.03. The van der Waals surface area contributed by atoms with E-state index in [4.69, 9.17) is 14.6 Å². The quantitative estimate of drug-likeness (QED) is 0.455. The van der Waals surface area contributed by atoms with Crippen LogP contribution in [0.4, 0.5) is 4.79 Å². The summed E-state index contributed by atoms with van der Waals surface area (Å²) in [4.78, 5) is 29.8. The summed E-state index contributed by atoms with van der Waals surface area (Å²) in [6.07, 6.45) is 5.94. The van der Waals surface area contributed by atoms with Gasteiger partial charge in [-0.05, 0) is 85.3 Å². The molecule has 4 aliphatic rings. The molecule has 216 valence electrons. The van der Waals surface area contributed by atoms with Gasteiger partial charge in [0, 0.05) is 61.3 Å². The number of fused-ring (bicyclic) bond motifs is 4. The first-order valence-electron chi connectivity index (χ1n) is 15.0. The van der Waals surface area contributed by atoms with Crippen LogP contribution < -0.4 is 4.74 Å². The van der Waals surface area contributed by atoms with Gasteiger partial charge in [-0.15, -0.1) is 0 Å². The molecule has 1 saturated carbocycles. The fourth-order valence-corrected chi connectivity index (χ4v) is 7.02. The van der Waals surface area contributed by atoms with Crippen molar-refractivity contribution in [2.75, 3.05) is 19.6 Å². The van der Waals surface area contributed by atoms with Crippen LogP contribution in [0, 0.1) is 12.8 Å². The van der Waals surface area contributed by atoms with E-state index in [9.17, 15) is 9.59 Å².